The van der Waals surface area contributed by atoms with E-state index in [9.17, 15) is 0 Å². The fourth-order valence-corrected chi connectivity index (χ4v) is 2.44. The maximum Gasteiger partial charge on any atom is 0.0946 e. The summed E-state index contributed by atoms with van der Waals surface area (Å²) < 4.78 is 2.05. The van der Waals surface area contributed by atoms with E-state index in [4.69, 9.17) is 11.6 Å². The number of nitrogens with zero attached hydrogens (tertiary/aromatic N) is 3. The fourth-order valence-electron chi connectivity index (χ4n) is 2.27. The van der Waals surface area contributed by atoms with Crippen LogP contribution in [0, 0.1) is 0 Å². The van der Waals surface area contributed by atoms with Crippen LogP contribution in [0.25, 0.3) is 10.9 Å². The highest BCUT2D eigenvalue weighted by Crippen LogP contribution is 2.24. The van der Waals surface area contributed by atoms with Crippen LogP contribution in [0.4, 0.5) is 5.69 Å². The molecule has 102 valence electrons. The lowest BCUT2D eigenvalue weighted by Crippen LogP contribution is -2.21. The molecule has 0 radical (unpaired) electrons. The van der Waals surface area contributed by atoms with Gasteiger partial charge in [0.25, 0.3) is 0 Å². The Kier molecular flexibility index (Phi) is 3.56. The summed E-state index contributed by atoms with van der Waals surface area (Å²) in [4.78, 5) is 8.40. The van der Waals surface area contributed by atoms with E-state index in [-0.39, 0.29) is 6.04 Å². The number of pyridine rings is 1. The smallest absolute Gasteiger partial charge is 0.0946 e. The van der Waals surface area contributed by atoms with Crippen molar-refractivity contribution in [1.29, 1.82) is 0 Å². The van der Waals surface area contributed by atoms with Gasteiger partial charge in [0.05, 0.1) is 11.8 Å². The third-order valence-corrected chi connectivity index (χ3v) is 3.39. The highest BCUT2D eigenvalue weighted by Gasteiger charge is 2.07. The minimum absolute atomic E-state index is 0.283. The SMILES string of the molecule is CC(Cn1ccnc1)Nc1ccnc2cc(Cl)ccc12. The maximum absolute atomic E-state index is 6.00. The first kappa shape index (κ1) is 12.9. The maximum atomic E-state index is 6.00. The molecule has 4 nitrogen and oxygen atoms in total. The Morgan fingerprint density at radius 1 is 1.30 bits per heavy atom. The van der Waals surface area contributed by atoms with Crippen LogP contribution in [-0.4, -0.2) is 20.6 Å². The Hall–Kier alpha value is -2.07. The van der Waals surface area contributed by atoms with Gasteiger partial charge in [-0.25, -0.2) is 4.98 Å². The number of fused-ring (bicyclic) bond motifs is 1. The third kappa shape index (κ3) is 2.75. The van der Waals surface area contributed by atoms with Gasteiger partial charge in [0.1, 0.15) is 0 Å². The van der Waals surface area contributed by atoms with Crippen LogP contribution < -0.4 is 5.32 Å². The fraction of sp³-hybridized carbons (Fsp3) is 0.200. The Morgan fingerprint density at radius 2 is 2.20 bits per heavy atom. The molecule has 1 N–H and O–H groups in total. The lowest BCUT2D eigenvalue weighted by molar-refractivity contribution is 0.619. The summed E-state index contributed by atoms with van der Waals surface area (Å²) in [6, 6.07) is 8.03. The monoisotopic (exact) mass is 286 g/mol. The van der Waals surface area contributed by atoms with Crippen LogP contribution in [0.2, 0.25) is 5.02 Å². The molecular formula is C15H15ClN4. The van der Waals surface area contributed by atoms with Gasteiger partial charge in [-0.05, 0) is 31.2 Å². The zero-order valence-corrected chi connectivity index (χ0v) is 11.9. The van der Waals surface area contributed by atoms with Gasteiger partial charge in [-0.15, -0.1) is 0 Å². The second-order valence-electron chi connectivity index (χ2n) is 4.82. The summed E-state index contributed by atoms with van der Waals surface area (Å²) in [5, 5.41) is 5.29. The van der Waals surface area contributed by atoms with Crippen molar-refractivity contribution in [2.24, 2.45) is 0 Å². The van der Waals surface area contributed by atoms with Crippen LogP contribution in [0.5, 0.6) is 0 Å². The molecule has 0 spiro atoms. The number of rotatable bonds is 4. The molecule has 0 amide bonds. The number of hydrogen-bond acceptors (Lipinski definition) is 3. The van der Waals surface area contributed by atoms with Crippen molar-refractivity contribution < 1.29 is 0 Å². The number of anilines is 1. The van der Waals surface area contributed by atoms with E-state index >= 15 is 0 Å². The lowest BCUT2D eigenvalue weighted by Gasteiger charge is -2.17. The molecule has 1 unspecified atom stereocenters. The highest BCUT2D eigenvalue weighted by molar-refractivity contribution is 6.31. The van der Waals surface area contributed by atoms with Gasteiger partial charge in [0.15, 0.2) is 0 Å². The summed E-state index contributed by atoms with van der Waals surface area (Å²) in [5.41, 5.74) is 1.97. The van der Waals surface area contributed by atoms with Crippen molar-refractivity contribution in [2.75, 3.05) is 5.32 Å². The first-order chi connectivity index (χ1) is 9.72. The van der Waals surface area contributed by atoms with Gasteiger partial charge < -0.3 is 9.88 Å². The molecule has 2 aromatic heterocycles. The number of benzene rings is 1. The van der Waals surface area contributed by atoms with Crippen LogP contribution in [0.15, 0.2) is 49.2 Å². The molecule has 0 aliphatic carbocycles. The summed E-state index contributed by atoms with van der Waals surface area (Å²) in [5.74, 6) is 0. The van der Waals surface area contributed by atoms with E-state index in [0.717, 1.165) is 23.1 Å². The molecule has 3 rings (SSSR count). The van der Waals surface area contributed by atoms with E-state index in [1.54, 1.807) is 12.4 Å². The molecule has 3 aromatic rings. The van der Waals surface area contributed by atoms with Gasteiger partial charge in [0.2, 0.25) is 0 Å². The molecule has 1 aromatic carbocycles. The van der Waals surface area contributed by atoms with Crippen molar-refractivity contribution in [3.8, 4) is 0 Å². The minimum Gasteiger partial charge on any atom is -0.380 e. The van der Waals surface area contributed by atoms with Crippen molar-refractivity contribution in [2.45, 2.75) is 19.5 Å². The van der Waals surface area contributed by atoms with Gasteiger partial charge in [0, 0.05) is 47.3 Å². The normalized spacial score (nSPS) is 12.5. The van der Waals surface area contributed by atoms with Gasteiger partial charge in [-0.1, -0.05) is 11.6 Å². The molecule has 0 bridgehead atoms. The van der Waals surface area contributed by atoms with E-state index in [0.29, 0.717) is 5.02 Å². The largest absolute Gasteiger partial charge is 0.380 e. The molecule has 2 heterocycles. The van der Waals surface area contributed by atoms with Crippen LogP contribution in [-0.2, 0) is 6.54 Å². The average Bonchev–Trinajstić information content (AvgIpc) is 2.91. The molecule has 5 heteroatoms. The van der Waals surface area contributed by atoms with Gasteiger partial charge >= 0.3 is 0 Å². The molecular weight excluding hydrogens is 272 g/mol. The second-order valence-corrected chi connectivity index (χ2v) is 5.26. The topological polar surface area (TPSA) is 42.7 Å². The van der Waals surface area contributed by atoms with Gasteiger partial charge in [-0.3, -0.25) is 4.98 Å². The molecule has 0 aliphatic heterocycles. The Bertz CT molecular complexity index is 709. The van der Waals surface area contributed by atoms with Crippen LogP contribution in [0.3, 0.4) is 0 Å². The van der Waals surface area contributed by atoms with E-state index < -0.39 is 0 Å². The number of hydrogen-bond donors (Lipinski definition) is 1. The molecule has 0 fully saturated rings. The quantitative estimate of drug-likeness (QED) is 0.797. The number of imidazole rings is 1. The lowest BCUT2D eigenvalue weighted by atomic mass is 10.1. The molecule has 0 aliphatic rings. The van der Waals surface area contributed by atoms with E-state index in [1.807, 2.05) is 36.8 Å². The molecule has 0 saturated heterocycles. The summed E-state index contributed by atoms with van der Waals surface area (Å²) in [6.07, 6.45) is 7.37. The van der Waals surface area contributed by atoms with Crippen molar-refractivity contribution in [1.82, 2.24) is 14.5 Å². The zero-order chi connectivity index (χ0) is 13.9. The molecule has 1 atom stereocenters. The van der Waals surface area contributed by atoms with Crippen LogP contribution >= 0.6 is 11.6 Å². The first-order valence-electron chi connectivity index (χ1n) is 6.49. The summed E-state index contributed by atoms with van der Waals surface area (Å²) in [6.45, 7) is 3.00. The predicted molar refractivity (Wildman–Crippen MR) is 82.1 cm³/mol. The summed E-state index contributed by atoms with van der Waals surface area (Å²) >= 11 is 6.00. The van der Waals surface area contributed by atoms with E-state index in [2.05, 4.69) is 26.8 Å². The number of aromatic nitrogens is 3. The average molecular weight is 287 g/mol. The summed E-state index contributed by atoms with van der Waals surface area (Å²) in [7, 11) is 0. The van der Waals surface area contributed by atoms with Crippen LogP contribution in [0.1, 0.15) is 6.92 Å². The van der Waals surface area contributed by atoms with Crippen molar-refractivity contribution in [3.63, 3.8) is 0 Å². The van der Waals surface area contributed by atoms with E-state index in [1.165, 1.54) is 0 Å². The molecule has 20 heavy (non-hydrogen) atoms. The zero-order valence-electron chi connectivity index (χ0n) is 11.1. The Morgan fingerprint density at radius 3 is 3.00 bits per heavy atom. The molecule has 0 saturated carbocycles. The third-order valence-electron chi connectivity index (χ3n) is 3.15. The number of halogens is 1. The number of nitrogens with one attached hydrogen (secondary N) is 1. The second kappa shape index (κ2) is 5.51. The van der Waals surface area contributed by atoms with Crippen molar-refractivity contribution >= 4 is 28.2 Å². The first-order valence-corrected chi connectivity index (χ1v) is 6.87. The van der Waals surface area contributed by atoms with Gasteiger partial charge in [-0.2, -0.15) is 0 Å². The highest BCUT2D eigenvalue weighted by atomic mass is 35.5. The minimum atomic E-state index is 0.283. The standard InChI is InChI=1S/C15H15ClN4/c1-11(9-20-7-6-17-10-20)19-14-4-5-18-15-8-12(16)2-3-13(14)15/h2-8,10-11H,9H2,1H3,(H,18,19). The predicted octanol–water partition coefficient (Wildman–Crippen LogP) is 3.59. The van der Waals surface area contributed by atoms with Crippen molar-refractivity contribution in [3.05, 3.63) is 54.2 Å². The Labute approximate surface area is 122 Å². The Balaban J connectivity index is 1.83.